The lowest BCUT2D eigenvalue weighted by atomic mass is 9.66. The van der Waals surface area contributed by atoms with Gasteiger partial charge in [0.15, 0.2) is 0 Å². The highest BCUT2D eigenvalue weighted by Gasteiger charge is 2.42. The van der Waals surface area contributed by atoms with Crippen molar-refractivity contribution in [3.05, 3.63) is 35.4 Å². The first-order chi connectivity index (χ1) is 9.61. The van der Waals surface area contributed by atoms with Gasteiger partial charge in [-0.25, -0.2) is 0 Å². The Labute approximate surface area is 121 Å². The molecule has 3 nitrogen and oxygen atoms in total. The van der Waals surface area contributed by atoms with Crippen molar-refractivity contribution in [2.75, 3.05) is 7.11 Å². The van der Waals surface area contributed by atoms with E-state index in [1.807, 2.05) is 24.3 Å². The van der Waals surface area contributed by atoms with Crippen LogP contribution in [0.4, 0.5) is 0 Å². The number of benzene rings is 1. The van der Waals surface area contributed by atoms with Gasteiger partial charge in [-0.15, -0.1) is 0 Å². The molecule has 1 saturated carbocycles. The summed E-state index contributed by atoms with van der Waals surface area (Å²) in [5.74, 6) is 0.505. The van der Waals surface area contributed by atoms with Gasteiger partial charge in [-0.1, -0.05) is 44.0 Å². The quantitative estimate of drug-likeness (QED) is 0.912. The Kier molecular flexibility index (Phi) is 4.80. The zero-order chi connectivity index (χ0) is 14.6. The second-order valence-corrected chi connectivity index (χ2v) is 6.05. The third-order valence-corrected chi connectivity index (χ3v) is 4.39. The topological polar surface area (TPSA) is 53.2 Å². The maximum atomic E-state index is 10.7. The third-order valence-electron chi connectivity index (χ3n) is 4.39. The first-order valence-electron chi connectivity index (χ1n) is 7.28. The number of aliphatic hydroxyl groups is 1. The Bertz CT molecular complexity index is 477. The van der Waals surface area contributed by atoms with Gasteiger partial charge in [0.2, 0.25) is 0 Å². The van der Waals surface area contributed by atoms with Crippen molar-refractivity contribution in [3.8, 4) is 6.07 Å². The number of ether oxygens (including phenoxy) is 1. The molecule has 0 spiro atoms. The van der Waals surface area contributed by atoms with Crippen LogP contribution in [0.1, 0.15) is 49.8 Å². The van der Waals surface area contributed by atoms with E-state index < -0.39 is 11.5 Å². The van der Waals surface area contributed by atoms with Crippen LogP contribution in [0, 0.1) is 22.7 Å². The minimum absolute atomic E-state index is 0.505. The van der Waals surface area contributed by atoms with Crippen molar-refractivity contribution in [3.63, 3.8) is 0 Å². The molecule has 1 aliphatic carbocycles. The SMILES string of the molecule is COCc1ccc(C(O)C2(C#N)CCCC(C)C2)cc1. The monoisotopic (exact) mass is 273 g/mol. The molecule has 0 aliphatic heterocycles. The van der Waals surface area contributed by atoms with Crippen molar-refractivity contribution in [1.29, 1.82) is 5.26 Å². The number of hydrogen-bond donors (Lipinski definition) is 1. The van der Waals surface area contributed by atoms with Crippen LogP contribution >= 0.6 is 0 Å². The maximum absolute atomic E-state index is 10.7. The molecule has 0 aromatic heterocycles. The number of hydrogen-bond acceptors (Lipinski definition) is 3. The molecule has 1 aliphatic rings. The molecule has 1 N–H and O–H groups in total. The fourth-order valence-electron chi connectivity index (χ4n) is 3.28. The minimum Gasteiger partial charge on any atom is -0.387 e. The molecule has 3 heteroatoms. The summed E-state index contributed by atoms with van der Waals surface area (Å²) in [7, 11) is 1.66. The van der Waals surface area contributed by atoms with Crippen LogP contribution in [0.3, 0.4) is 0 Å². The van der Waals surface area contributed by atoms with E-state index in [0.717, 1.165) is 36.8 Å². The molecule has 1 aromatic rings. The summed E-state index contributed by atoms with van der Waals surface area (Å²) in [4.78, 5) is 0. The van der Waals surface area contributed by atoms with Gasteiger partial charge in [0.05, 0.1) is 24.2 Å². The molecule has 0 radical (unpaired) electrons. The van der Waals surface area contributed by atoms with Crippen LogP contribution in [-0.2, 0) is 11.3 Å². The molecule has 0 amide bonds. The normalized spacial score (nSPS) is 27.8. The first kappa shape index (κ1) is 15.0. The van der Waals surface area contributed by atoms with E-state index in [-0.39, 0.29) is 0 Å². The smallest absolute Gasteiger partial charge is 0.0976 e. The van der Waals surface area contributed by atoms with Crippen LogP contribution in [-0.4, -0.2) is 12.2 Å². The van der Waals surface area contributed by atoms with Gasteiger partial charge in [-0.05, 0) is 29.9 Å². The van der Waals surface area contributed by atoms with Gasteiger partial charge in [-0.3, -0.25) is 0 Å². The van der Waals surface area contributed by atoms with E-state index in [1.54, 1.807) is 7.11 Å². The van der Waals surface area contributed by atoms with E-state index in [4.69, 9.17) is 4.74 Å². The Balaban J connectivity index is 2.20. The average Bonchev–Trinajstić information content (AvgIpc) is 2.47. The van der Waals surface area contributed by atoms with Crippen LogP contribution in [0.5, 0.6) is 0 Å². The van der Waals surface area contributed by atoms with Crippen molar-refractivity contribution in [2.24, 2.45) is 11.3 Å². The van der Waals surface area contributed by atoms with Gasteiger partial charge in [0.25, 0.3) is 0 Å². The summed E-state index contributed by atoms with van der Waals surface area (Å²) < 4.78 is 5.08. The highest BCUT2D eigenvalue weighted by atomic mass is 16.5. The maximum Gasteiger partial charge on any atom is 0.0976 e. The molecule has 0 saturated heterocycles. The zero-order valence-corrected chi connectivity index (χ0v) is 12.3. The fourth-order valence-corrected chi connectivity index (χ4v) is 3.28. The Hall–Kier alpha value is -1.37. The summed E-state index contributed by atoms with van der Waals surface area (Å²) in [6.07, 6.45) is 3.04. The summed E-state index contributed by atoms with van der Waals surface area (Å²) in [5.41, 5.74) is 1.28. The molecule has 0 bridgehead atoms. The Morgan fingerprint density at radius 3 is 2.70 bits per heavy atom. The second-order valence-electron chi connectivity index (χ2n) is 6.05. The third kappa shape index (κ3) is 3.03. The predicted molar refractivity (Wildman–Crippen MR) is 77.8 cm³/mol. The molecular weight excluding hydrogens is 250 g/mol. The second kappa shape index (κ2) is 6.39. The lowest BCUT2D eigenvalue weighted by Gasteiger charge is -2.38. The van der Waals surface area contributed by atoms with Crippen LogP contribution in [0.15, 0.2) is 24.3 Å². The molecule has 108 valence electrons. The zero-order valence-electron chi connectivity index (χ0n) is 12.3. The van der Waals surface area contributed by atoms with Gasteiger partial charge < -0.3 is 9.84 Å². The molecule has 20 heavy (non-hydrogen) atoms. The highest BCUT2D eigenvalue weighted by Crippen LogP contribution is 2.47. The molecule has 0 heterocycles. The lowest BCUT2D eigenvalue weighted by molar-refractivity contribution is 0.0219. The number of methoxy groups -OCH3 is 1. The fraction of sp³-hybridized carbons (Fsp3) is 0.588. The van der Waals surface area contributed by atoms with E-state index in [9.17, 15) is 10.4 Å². The van der Waals surface area contributed by atoms with E-state index in [2.05, 4.69) is 13.0 Å². The molecule has 3 atom stereocenters. The summed E-state index contributed by atoms with van der Waals surface area (Å²) >= 11 is 0. The molecule has 3 unspecified atom stereocenters. The van der Waals surface area contributed by atoms with Crippen molar-refractivity contribution < 1.29 is 9.84 Å². The van der Waals surface area contributed by atoms with Crippen molar-refractivity contribution in [1.82, 2.24) is 0 Å². The summed E-state index contributed by atoms with van der Waals surface area (Å²) in [6, 6.07) is 10.2. The van der Waals surface area contributed by atoms with Crippen LogP contribution in [0.25, 0.3) is 0 Å². The molecule has 1 fully saturated rings. The molecular formula is C17H23NO2. The van der Waals surface area contributed by atoms with Gasteiger partial charge in [-0.2, -0.15) is 5.26 Å². The van der Waals surface area contributed by atoms with E-state index in [1.165, 1.54) is 0 Å². The number of nitrogens with zero attached hydrogens (tertiary/aromatic N) is 1. The van der Waals surface area contributed by atoms with Crippen LogP contribution < -0.4 is 0 Å². The minimum atomic E-state index is -0.702. The Morgan fingerprint density at radius 1 is 1.45 bits per heavy atom. The number of nitriles is 1. The van der Waals surface area contributed by atoms with Crippen LogP contribution in [0.2, 0.25) is 0 Å². The molecule has 1 aromatic carbocycles. The number of aliphatic hydroxyl groups excluding tert-OH is 1. The summed E-state index contributed by atoms with van der Waals surface area (Å²) in [6.45, 7) is 2.73. The van der Waals surface area contributed by atoms with E-state index >= 15 is 0 Å². The largest absolute Gasteiger partial charge is 0.387 e. The standard InChI is InChI=1S/C17H23NO2/c1-13-4-3-9-17(10-13,12-18)16(19)15-7-5-14(6-8-15)11-20-2/h5-8,13,16,19H,3-4,9-11H2,1-2H3. The predicted octanol–water partition coefficient (Wildman–Crippen LogP) is 3.59. The Morgan fingerprint density at radius 2 is 2.15 bits per heavy atom. The lowest BCUT2D eigenvalue weighted by Crippen LogP contribution is -2.32. The molecule has 2 rings (SSSR count). The van der Waals surface area contributed by atoms with Gasteiger partial charge in [0.1, 0.15) is 0 Å². The summed E-state index contributed by atoms with van der Waals surface area (Å²) in [5, 5.41) is 20.3. The highest BCUT2D eigenvalue weighted by molar-refractivity contribution is 5.27. The van der Waals surface area contributed by atoms with E-state index in [0.29, 0.717) is 12.5 Å². The number of rotatable bonds is 4. The first-order valence-corrected chi connectivity index (χ1v) is 7.28. The average molecular weight is 273 g/mol. The van der Waals surface area contributed by atoms with Crippen molar-refractivity contribution >= 4 is 0 Å². The van der Waals surface area contributed by atoms with Crippen molar-refractivity contribution in [2.45, 2.75) is 45.3 Å². The van der Waals surface area contributed by atoms with Gasteiger partial charge >= 0.3 is 0 Å². The van der Waals surface area contributed by atoms with Gasteiger partial charge in [0, 0.05) is 7.11 Å².